The van der Waals surface area contributed by atoms with E-state index < -0.39 is 0 Å². The van der Waals surface area contributed by atoms with Crippen molar-refractivity contribution in [2.24, 2.45) is 29.6 Å². The van der Waals surface area contributed by atoms with Crippen LogP contribution in [0.1, 0.15) is 24.8 Å². The number of Topliss-reactive ketones (excluding diaryl/α,β-unsaturated/α-hetero) is 1. The summed E-state index contributed by atoms with van der Waals surface area (Å²) in [6.45, 7) is 0. The fourth-order valence-electron chi connectivity index (χ4n) is 5.37. The van der Waals surface area contributed by atoms with Gasteiger partial charge in [-0.1, -0.05) is 18.2 Å². The fraction of sp³-hybridized carbons (Fsp3) is 0.474. The number of rotatable bonds is 3. The number of ketones is 1. The van der Waals surface area contributed by atoms with Gasteiger partial charge in [0.1, 0.15) is 5.78 Å². The molecule has 0 radical (unpaired) electrons. The van der Waals surface area contributed by atoms with Crippen molar-refractivity contribution in [3.63, 3.8) is 0 Å². The number of para-hydroxylation sites is 1. The summed E-state index contributed by atoms with van der Waals surface area (Å²) >= 11 is 0. The second-order valence-corrected chi connectivity index (χ2v) is 7.14. The molecule has 0 saturated heterocycles. The van der Waals surface area contributed by atoms with Crippen LogP contribution in [0, 0.1) is 29.6 Å². The van der Waals surface area contributed by atoms with E-state index in [2.05, 4.69) is 11.1 Å². The number of fused-ring (bicyclic) bond motifs is 6. The van der Waals surface area contributed by atoms with Gasteiger partial charge in [0.05, 0.1) is 5.52 Å². The molecule has 2 heteroatoms. The van der Waals surface area contributed by atoms with Gasteiger partial charge in [-0.2, -0.15) is 0 Å². The van der Waals surface area contributed by atoms with E-state index in [0.717, 1.165) is 40.1 Å². The Morgan fingerprint density at radius 2 is 1.86 bits per heavy atom. The summed E-state index contributed by atoms with van der Waals surface area (Å²) in [5.41, 5.74) is 2.15. The summed E-state index contributed by atoms with van der Waals surface area (Å²) in [5, 5.41) is 1.14. The van der Waals surface area contributed by atoms with Gasteiger partial charge in [-0.3, -0.25) is 9.78 Å². The lowest BCUT2D eigenvalue weighted by Gasteiger charge is -2.09. The van der Waals surface area contributed by atoms with E-state index in [1.165, 1.54) is 19.3 Å². The number of aromatic nitrogens is 1. The molecule has 0 amide bonds. The van der Waals surface area contributed by atoms with Gasteiger partial charge in [0.15, 0.2) is 0 Å². The number of pyridine rings is 1. The van der Waals surface area contributed by atoms with E-state index in [1.54, 1.807) is 0 Å². The van der Waals surface area contributed by atoms with Crippen LogP contribution in [0.3, 0.4) is 0 Å². The Labute approximate surface area is 124 Å². The van der Waals surface area contributed by atoms with Crippen LogP contribution in [0.25, 0.3) is 10.9 Å². The Morgan fingerprint density at radius 3 is 2.67 bits per heavy atom. The fourth-order valence-corrected chi connectivity index (χ4v) is 5.37. The number of nitrogens with zero attached hydrogens (tertiary/aromatic N) is 1. The van der Waals surface area contributed by atoms with E-state index in [1.807, 2.05) is 30.5 Å². The van der Waals surface area contributed by atoms with Gasteiger partial charge in [-0.05, 0) is 60.6 Å². The molecule has 0 aliphatic heterocycles. The Kier molecular flexibility index (Phi) is 2.36. The minimum absolute atomic E-state index is 0.392. The lowest BCUT2D eigenvalue weighted by Crippen LogP contribution is -2.12. The molecular formula is C19H19NO. The monoisotopic (exact) mass is 277 g/mol. The van der Waals surface area contributed by atoms with E-state index in [-0.39, 0.29) is 0 Å². The van der Waals surface area contributed by atoms with Gasteiger partial charge < -0.3 is 0 Å². The highest BCUT2D eigenvalue weighted by Gasteiger charge is 2.66. The Balaban J connectivity index is 1.41. The van der Waals surface area contributed by atoms with E-state index in [4.69, 9.17) is 0 Å². The van der Waals surface area contributed by atoms with Crippen molar-refractivity contribution >= 4 is 16.7 Å². The molecule has 0 spiro atoms. The standard InChI is InChI=1S/C19H19NO/c21-16(19-17-12-5-6-13(9-12)18(17)19)10-11-7-8-20-15-4-2-1-3-14(11)15/h1-4,7-8,12-13,17-19H,5-6,9-10H2. The molecule has 1 aromatic carbocycles. The molecule has 21 heavy (non-hydrogen) atoms. The zero-order valence-electron chi connectivity index (χ0n) is 12.0. The predicted molar refractivity (Wildman–Crippen MR) is 81.8 cm³/mol. The molecule has 3 saturated carbocycles. The highest BCUT2D eigenvalue weighted by Crippen LogP contribution is 2.69. The molecular weight excluding hydrogens is 258 g/mol. The first-order chi connectivity index (χ1) is 10.3. The first-order valence-electron chi connectivity index (χ1n) is 8.18. The molecule has 2 bridgehead atoms. The van der Waals surface area contributed by atoms with E-state index >= 15 is 0 Å². The highest BCUT2D eigenvalue weighted by atomic mass is 16.1. The molecule has 3 aliphatic rings. The van der Waals surface area contributed by atoms with Crippen LogP contribution in [0.5, 0.6) is 0 Å². The summed E-state index contributed by atoms with van der Waals surface area (Å²) < 4.78 is 0. The lowest BCUT2D eigenvalue weighted by atomic mass is 9.95. The van der Waals surface area contributed by atoms with Gasteiger partial charge in [0.2, 0.25) is 0 Å². The maximum absolute atomic E-state index is 12.7. The van der Waals surface area contributed by atoms with Gasteiger partial charge in [-0.25, -0.2) is 0 Å². The highest BCUT2D eigenvalue weighted by molar-refractivity contribution is 5.91. The average molecular weight is 277 g/mol. The topological polar surface area (TPSA) is 30.0 Å². The average Bonchev–Trinajstić information content (AvgIpc) is 2.96. The van der Waals surface area contributed by atoms with Crippen molar-refractivity contribution in [3.05, 3.63) is 42.1 Å². The Hall–Kier alpha value is -1.70. The second kappa shape index (κ2) is 4.16. The molecule has 106 valence electrons. The number of carbonyl (C=O) groups excluding carboxylic acids is 1. The Morgan fingerprint density at radius 1 is 1.10 bits per heavy atom. The minimum atomic E-state index is 0.392. The Bertz CT molecular complexity index is 716. The van der Waals surface area contributed by atoms with Crippen molar-refractivity contribution in [3.8, 4) is 0 Å². The third-order valence-electron chi connectivity index (χ3n) is 6.21. The maximum atomic E-state index is 12.7. The van der Waals surface area contributed by atoms with Crippen LogP contribution in [0.4, 0.5) is 0 Å². The van der Waals surface area contributed by atoms with Gasteiger partial charge in [-0.15, -0.1) is 0 Å². The summed E-state index contributed by atoms with van der Waals surface area (Å²) in [7, 11) is 0. The normalized spacial score (nSPS) is 35.9. The smallest absolute Gasteiger partial charge is 0.140 e. The van der Waals surface area contributed by atoms with E-state index in [0.29, 0.717) is 18.1 Å². The number of hydrogen-bond donors (Lipinski definition) is 0. The van der Waals surface area contributed by atoms with Gasteiger partial charge in [0, 0.05) is 23.9 Å². The predicted octanol–water partition coefficient (Wildman–Crippen LogP) is 3.64. The van der Waals surface area contributed by atoms with Crippen molar-refractivity contribution in [1.29, 1.82) is 0 Å². The maximum Gasteiger partial charge on any atom is 0.140 e. The third kappa shape index (κ3) is 1.65. The van der Waals surface area contributed by atoms with Crippen LogP contribution in [-0.2, 0) is 11.2 Å². The van der Waals surface area contributed by atoms with Gasteiger partial charge >= 0.3 is 0 Å². The summed E-state index contributed by atoms with van der Waals surface area (Å²) in [6.07, 6.45) is 6.61. The number of hydrogen-bond acceptors (Lipinski definition) is 2. The van der Waals surface area contributed by atoms with Crippen LogP contribution in [0.2, 0.25) is 0 Å². The number of benzene rings is 1. The van der Waals surface area contributed by atoms with Crippen molar-refractivity contribution in [1.82, 2.24) is 4.98 Å². The summed E-state index contributed by atoms with van der Waals surface area (Å²) in [5.74, 6) is 4.14. The molecule has 3 fully saturated rings. The molecule has 0 N–H and O–H groups in total. The first-order valence-corrected chi connectivity index (χ1v) is 8.18. The molecule has 4 atom stereocenters. The molecule has 2 aromatic rings. The quantitative estimate of drug-likeness (QED) is 0.857. The third-order valence-corrected chi connectivity index (χ3v) is 6.21. The van der Waals surface area contributed by atoms with Gasteiger partial charge in [0.25, 0.3) is 0 Å². The first kappa shape index (κ1) is 11.9. The summed E-state index contributed by atoms with van der Waals surface area (Å²) in [6, 6.07) is 10.2. The van der Waals surface area contributed by atoms with Crippen molar-refractivity contribution in [2.45, 2.75) is 25.7 Å². The zero-order valence-corrected chi connectivity index (χ0v) is 12.0. The van der Waals surface area contributed by atoms with Crippen LogP contribution in [-0.4, -0.2) is 10.8 Å². The molecule has 2 nitrogen and oxygen atoms in total. The zero-order chi connectivity index (χ0) is 14.0. The lowest BCUT2D eigenvalue weighted by molar-refractivity contribution is -0.120. The molecule has 1 heterocycles. The van der Waals surface area contributed by atoms with Crippen LogP contribution >= 0.6 is 0 Å². The van der Waals surface area contributed by atoms with Crippen LogP contribution < -0.4 is 0 Å². The van der Waals surface area contributed by atoms with Crippen molar-refractivity contribution in [2.75, 3.05) is 0 Å². The molecule has 1 aromatic heterocycles. The van der Waals surface area contributed by atoms with Crippen LogP contribution in [0.15, 0.2) is 36.5 Å². The molecule has 4 unspecified atom stereocenters. The molecule has 5 rings (SSSR count). The summed E-state index contributed by atoms with van der Waals surface area (Å²) in [4.78, 5) is 17.1. The molecule has 3 aliphatic carbocycles. The number of carbonyl (C=O) groups is 1. The van der Waals surface area contributed by atoms with E-state index in [9.17, 15) is 4.79 Å². The second-order valence-electron chi connectivity index (χ2n) is 7.14. The van der Waals surface area contributed by atoms with Crippen molar-refractivity contribution < 1.29 is 4.79 Å². The largest absolute Gasteiger partial charge is 0.299 e. The SMILES string of the molecule is O=C(Cc1ccnc2ccccc12)C1C2C3CCC(C3)C12. The minimum Gasteiger partial charge on any atom is -0.299 e.